The van der Waals surface area contributed by atoms with Crippen molar-refractivity contribution in [3.8, 4) is 11.3 Å². The van der Waals surface area contributed by atoms with Gasteiger partial charge in [-0.15, -0.1) is 0 Å². The summed E-state index contributed by atoms with van der Waals surface area (Å²) in [7, 11) is 0. The van der Waals surface area contributed by atoms with Crippen molar-refractivity contribution < 1.29 is 9.90 Å². The topological polar surface area (TPSA) is 53.1 Å². The average molecular weight is 231 g/mol. The molecule has 80 valence electrons. The number of H-pyrrole nitrogens is 1. The van der Waals surface area contributed by atoms with Crippen molar-refractivity contribution in [2.75, 3.05) is 0 Å². The molecular weight excluding hydrogens is 222 g/mol. The number of aromatic amines is 1. The first-order valence-corrected chi connectivity index (χ1v) is 5.11. The van der Waals surface area contributed by atoms with Crippen molar-refractivity contribution in [2.45, 2.75) is 0 Å². The number of aromatic carboxylic acids is 1. The van der Waals surface area contributed by atoms with Crippen LogP contribution in [0.15, 0.2) is 42.5 Å². The smallest absolute Gasteiger partial charge is 0.338 e. The van der Waals surface area contributed by atoms with Gasteiger partial charge < -0.3 is 10.1 Å². The van der Waals surface area contributed by atoms with Gasteiger partial charge in [-0.25, -0.2) is 4.79 Å². The maximum absolute atomic E-state index is 10.8. The molecule has 3 nitrogen and oxygen atoms in total. The van der Waals surface area contributed by atoms with Crippen LogP contribution in [0.4, 0.5) is 0 Å². The van der Waals surface area contributed by atoms with E-state index < -0.39 is 5.97 Å². The number of benzene rings is 1. The first kappa shape index (κ1) is 10.6. The van der Waals surface area contributed by atoms with E-state index in [4.69, 9.17) is 17.3 Å². The third-order valence-electron chi connectivity index (χ3n) is 2.22. The molecule has 0 aliphatic carbocycles. The molecular formula is C12H9NO2S. The number of aromatic nitrogens is 1. The van der Waals surface area contributed by atoms with Crippen molar-refractivity contribution in [2.24, 2.45) is 0 Å². The van der Waals surface area contributed by atoms with Crippen molar-refractivity contribution in [3.05, 3.63) is 52.7 Å². The van der Waals surface area contributed by atoms with Crippen LogP contribution in [0.25, 0.3) is 11.3 Å². The summed E-state index contributed by atoms with van der Waals surface area (Å²) in [6, 6.07) is 12.8. The summed E-state index contributed by atoms with van der Waals surface area (Å²) in [5.41, 5.74) is 1.91. The molecule has 0 fully saturated rings. The second-order valence-corrected chi connectivity index (χ2v) is 3.69. The molecule has 0 amide bonds. The maximum Gasteiger partial charge on any atom is 0.338 e. The third kappa shape index (κ3) is 2.01. The summed E-state index contributed by atoms with van der Waals surface area (Å²) >= 11 is 4.98. The Morgan fingerprint density at radius 3 is 2.38 bits per heavy atom. The van der Waals surface area contributed by atoms with Gasteiger partial charge >= 0.3 is 5.97 Å². The quantitative estimate of drug-likeness (QED) is 0.781. The number of hydrogen-bond acceptors (Lipinski definition) is 2. The Kier molecular flexibility index (Phi) is 2.83. The number of nitrogens with one attached hydrogen (secondary N) is 1. The van der Waals surface area contributed by atoms with Gasteiger partial charge in [0, 0.05) is 5.69 Å². The molecule has 0 bridgehead atoms. The van der Waals surface area contributed by atoms with E-state index >= 15 is 0 Å². The molecule has 0 radical (unpaired) electrons. The lowest BCUT2D eigenvalue weighted by molar-refractivity contribution is 0.0696. The Morgan fingerprint density at radius 1 is 1.12 bits per heavy atom. The normalized spacial score (nSPS) is 10.0. The van der Waals surface area contributed by atoms with Crippen molar-refractivity contribution in [3.63, 3.8) is 0 Å². The van der Waals surface area contributed by atoms with E-state index in [1.165, 1.54) is 6.07 Å². The molecule has 2 rings (SSSR count). The zero-order valence-corrected chi connectivity index (χ0v) is 9.12. The van der Waals surface area contributed by atoms with E-state index in [-0.39, 0.29) is 10.2 Å². The van der Waals surface area contributed by atoms with Gasteiger partial charge in [-0.1, -0.05) is 42.5 Å². The van der Waals surface area contributed by atoms with Crippen LogP contribution < -0.4 is 0 Å². The van der Waals surface area contributed by atoms with Gasteiger partial charge in [0.2, 0.25) is 0 Å². The number of rotatable bonds is 2. The average Bonchev–Trinajstić information content (AvgIpc) is 2.29. The Labute approximate surface area is 97.4 Å². The highest BCUT2D eigenvalue weighted by Gasteiger charge is 2.06. The van der Waals surface area contributed by atoms with Crippen LogP contribution in [-0.4, -0.2) is 16.1 Å². The number of hydrogen-bond donors (Lipinski definition) is 2. The fourth-order valence-electron chi connectivity index (χ4n) is 1.43. The van der Waals surface area contributed by atoms with Crippen molar-refractivity contribution >= 4 is 18.2 Å². The maximum atomic E-state index is 10.8. The summed E-state index contributed by atoms with van der Waals surface area (Å²) in [6.07, 6.45) is 0. The third-order valence-corrected chi connectivity index (χ3v) is 2.55. The molecule has 0 spiro atoms. The van der Waals surface area contributed by atoms with Crippen LogP contribution in [-0.2, 0) is 0 Å². The zero-order valence-electron chi connectivity index (χ0n) is 8.31. The Hall–Kier alpha value is -1.94. The molecule has 0 unspecified atom stereocenters. The Bertz CT molecular complexity index is 575. The van der Waals surface area contributed by atoms with Crippen LogP contribution >= 0.6 is 12.2 Å². The highest BCUT2D eigenvalue weighted by atomic mass is 32.1. The van der Waals surface area contributed by atoms with Gasteiger partial charge in [-0.3, -0.25) is 0 Å². The number of carboxylic acids is 1. The van der Waals surface area contributed by atoms with E-state index in [0.29, 0.717) is 0 Å². The Morgan fingerprint density at radius 2 is 1.81 bits per heavy atom. The molecule has 4 heteroatoms. The summed E-state index contributed by atoms with van der Waals surface area (Å²) in [5.74, 6) is -1.01. The molecule has 0 aliphatic heterocycles. The predicted octanol–water partition coefficient (Wildman–Crippen LogP) is 3.11. The number of carboxylic acid groups (broad SMARTS) is 1. The lowest BCUT2D eigenvalue weighted by Crippen LogP contribution is -1.99. The fourth-order valence-corrected chi connectivity index (χ4v) is 1.69. The van der Waals surface area contributed by atoms with Crippen LogP contribution in [0.5, 0.6) is 0 Å². The van der Waals surface area contributed by atoms with Gasteiger partial charge in [0.25, 0.3) is 0 Å². The van der Waals surface area contributed by atoms with E-state index in [2.05, 4.69) is 4.98 Å². The van der Waals surface area contributed by atoms with Gasteiger partial charge in [-0.05, 0) is 17.7 Å². The lowest BCUT2D eigenvalue weighted by Gasteiger charge is -2.02. The first-order chi connectivity index (χ1) is 7.68. The van der Waals surface area contributed by atoms with E-state index in [9.17, 15) is 4.79 Å². The second-order valence-electron chi connectivity index (χ2n) is 3.29. The minimum atomic E-state index is -1.01. The predicted molar refractivity (Wildman–Crippen MR) is 64.0 cm³/mol. The number of carbonyl (C=O) groups is 1. The first-order valence-electron chi connectivity index (χ1n) is 4.70. The molecule has 0 saturated heterocycles. The van der Waals surface area contributed by atoms with Gasteiger partial charge in [0.1, 0.15) is 4.64 Å². The van der Waals surface area contributed by atoms with Crippen LogP contribution in [0.1, 0.15) is 10.4 Å². The molecule has 0 saturated carbocycles. The highest BCUT2D eigenvalue weighted by molar-refractivity contribution is 7.71. The molecule has 2 aromatic rings. The standard InChI is InChI=1S/C12H9NO2S/c14-12(15)9-6-7-10(13-11(9)16)8-4-2-1-3-5-8/h1-7H,(H,13,16)(H,14,15). The van der Waals surface area contributed by atoms with E-state index in [1.54, 1.807) is 6.07 Å². The van der Waals surface area contributed by atoms with Gasteiger partial charge in [0.05, 0.1) is 5.56 Å². The second kappa shape index (κ2) is 4.28. The van der Waals surface area contributed by atoms with Crippen LogP contribution in [0.3, 0.4) is 0 Å². The molecule has 2 N–H and O–H groups in total. The van der Waals surface area contributed by atoms with Gasteiger partial charge in [0.15, 0.2) is 0 Å². The largest absolute Gasteiger partial charge is 0.478 e. The zero-order chi connectivity index (χ0) is 11.5. The molecule has 0 aliphatic rings. The fraction of sp³-hybridized carbons (Fsp3) is 0. The molecule has 1 aromatic heterocycles. The number of pyridine rings is 1. The van der Waals surface area contributed by atoms with E-state index in [1.807, 2.05) is 30.3 Å². The molecule has 1 heterocycles. The minimum absolute atomic E-state index is 0.120. The van der Waals surface area contributed by atoms with Crippen molar-refractivity contribution in [1.29, 1.82) is 0 Å². The summed E-state index contributed by atoms with van der Waals surface area (Å²) in [6.45, 7) is 0. The lowest BCUT2D eigenvalue weighted by atomic mass is 10.1. The SMILES string of the molecule is O=C(O)c1ccc(-c2ccccc2)[nH]c1=S. The van der Waals surface area contributed by atoms with Crippen LogP contribution in [0.2, 0.25) is 0 Å². The van der Waals surface area contributed by atoms with E-state index in [0.717, 1.165) is 11.3 Å². The highest BCUT2D eigenvalue weighted by Crippen LogP contribution is 2.17. The monoisotopic (exact) mass is 231 g/mol. The molecule has 16 heavy (non-hydrogen) atoms. The van der Waals surface area contributed by atoms with Crippen molar-refractivity contribution in [1.82, 2.24) is 4.98 Å². The Balaban J connectivity index is 2.51. The summed E-state index contributed by atoms with van der Waals surface area (Å²) in [5, 5.41) is 8.84. The van der Waals surface area contributed by atoms with Gasteiger partial charge in [-0.2, -0.15) is 0 Å². The van der Waals surface area contributed by atoms with Crippen LogP contribution in [0, 0.1) is 4.64 Å². The molecule has 0 atom stereocenters. The minimum Gasteiger partial charge on any atom is -0.478 e. The molecule has 1 aromatic carbocycles. The summed E-state index contributed by atoms with van der Waals surface area (Å²) in [4.78, 5) is 13.7. The summed E-state index contributed by atoms with van der Waals surface area (Å²) < 4.78 is 0.244.